The summed E-state index contributed by atoms with van der Waals surface area (Å²) in [6, 6.07) is 6.60. The van der Waals surface area contributed by atoms with E-state index in [0.29, 0.717) is 11.0 Å². The molecule has 0 aliphatic heterocycles. The van der Waals surface area contributed by atoms with Crippen molar-refractivity contribution in [2.75, 3.05) is 17.3 Å². The molecule has 3 N–H and O–H groups in total. The summed E-state index contributed by atoms with van der Waals surface area (Å²) in [6.45, 7) is 4.26. The predicted octanol–water partition coefficient (Wildman–Crippen LogP) is 3.18. The first-order chi connectivity index (χ1) is 8.08. The number of aryl methyl sites for hydroxylation is 1. The number of nitrogens with two attached hydrogens (primary N) is 1. The summed E-state index contributed by atoms with van der Waals surface area (Å²) in [5.74, 6) is 1.08. The van der Waals surface area contributed by atoms with Crippen LogP contribution in [-0.4, -0.2) is 23.0 Å². The highest BCUT2D eigenvalue weighted by molar-refractivity contribution is 7.98. The number of hydrogen-bond donors (Lipinski definition) is 2. The number of thioether (sulfide) groups is 1. The average molecular weight is 268 g/mol. The Morgan fingerprint density at radius 1 is 1.53 bits per heavy atom. The van der Waals surface area contributed by atoms with E-state index in [1.165, 1.54) is 5.56 Å². The first kappa shape index (κ1) is 14.3. The zero-order valence-electron chi connectivity index (χ0n) is 10.6. The molecule has 17 heavy (non-hydrogen) atoms. The van der Waals surface area contributed by atoms with Gasteiger partial charge in [-0.2, -0.15) is 11.8 Å². The third-order valence-corrected chi connectivity index (χ3v) is 3.62. The molecular weight excluding hydrogens is 248 g/mol. The summed E-state index contributed by atoms with van der Waals surface area (Å²) < 4.78 is 0. The number of hydrogen-bond acceptors (Lipinski definition) is 3. The molecular formula is C13H20N2S2. The predicted molar refractivity (Wildman–Crippen MR) is 83.2 cm³/mol. The SMILES string of the molecule is CCC(CSC)Nc1cc(C)ccc1C(N)=S. The Balaban J connectivity index is 2.94. The Morgan fingerprint density at radius 2 is 2.24 bits per heavy atom. The van der Waals surface area contributed by atoms with Crippen LogP contribution in [-0.2, 0) is 0 Å². The maximum Gasteiger partial charge on any atom is 0.106 e. The lowest BCUT2D eigenvalue weighted by Crippen LogP contribution is -2.23. The minimum Gasteiger partial charge on any atom is -0.389 e. The number of rotatable bonds is 6. The molecule has 1 aromatic rings. The molecule has 0 aliphatic carbocycles. The lowest BCUT2D eigenvalue weighted by atomic mass is 10.1. The maximum absolute atomic E-state index is 5.74. The zero-order valence-corrected chi connectivity index (χ0v) is 12.3. The Bertz CT molecular complexity index is 391. The van der Waals surface area contributed by atoms with Gasteiger partial charge in [0.05, 0.1) is 0 Å². The Labute approximate surface area is 113 Å². The Hall–Kier alpha value is -0.740. The lowest BCUT2D eigenvalue weighted by molar-refractivity contribution is 0.774. The Kier molecular flexibility index (Phi) is 5.78. The van der Waals surface area contributed by atoms with Crippen molar-refractivity contribution in [2.24, 2.45) is 5.73 Å². The van der Waals surface area contributed by atoms with Crippen LogP contribution in [0.1, 0.15) is 24.5 Å². The van der Waals surface area contributed by atoms with Crippen LogP contribution in [0.5, 0.6) is 0 Å². The first-order valence-electron chi connectivity index (χ1n) is 5.74. The van der Waals surface area contributed by atoms with Gasteiger partial charge < -0.3 is 11.1 Å². The van der Waals surface area contributed by atoms with Crippen LogP contribution >= 0.6 is 24.0 Å². The summed E-state index contributed by atoms with van der Waals surface area (Å²) in [6.07, 6.45) is 3.21. The van der Waals surface area contributed by atoms with E-state index < -0.39 is 0 Å². The van der Waals surface area contributed by atoms with E-state index in [0.717, 1.165) is 23.4 Å². The molecule has 0 bridgehead atoms. The summed E-state index contributed by atoms with van der Waals surface area (Å²) >= 11 is 6.92. The van der Waals surface area contributed by atoms with Crippen molar-refractivity contribution < 1.29 is 0 Å². The van der Waals surface area contributed by atoms with Crippen molar-refractivity contribution in [3.05, 3.63) is 29.3 Å². The van der Waals surface area contributed by atoms with Gasteiger partial charge in [0.15, 0.2) is 0 Å². The van der Waals surface area contributed by atoms with Crippen LogP contribution in [0.15, 0.2) is 18.2 Å². The third-order valence-electron chi connectivity index (χ3n) is 2.66. The van der Waals surface area contributed by atoms with E-state index >= 15 is 0 Å². The lowest BCUT2D eigenvalue weighted by Gasteiger charge is -2.20. The standard InChI is InChI=1S/C13H20N2S2/c1-4-10(8-17-3)15-12-7-9(2)5-6-11(12)13(14)16/h5-7,10,15H,4,8H2,1-3H3,(H2,14,16). The molecule has 1 atom stereocenters. The summed E-state index contributed by atoms with van der Waals surface area (Å²) in [7, 11) is 0. The normalized spacial score (nSPS) is 12.2. The molecule has 0 saturated heterocycles. The molecule has 4 heteroatoms. The van der Waals surface area contributed by atoms with Gasteiger partial charge in [-0.1, -0.05) is 25.2 Å². The number of anilines is 1. The van der Waals surface area contributed by atoms with Gasteiger partial charge in [0, 0.05) is 23.0 Å². The molecule has 0 aliphatic rings. The van der Waals surface area contributed by atoms with Gasteiger partial charge >= 0.3 is 0 Å². The first-order valence-corrected chi connectivity index (χ1v) is 7.54. The van der Waals surface area contributed by atoms with Crippen molar-refractivity contribution in [3.8, 4) is 0 Å². The van der Waals surface area contributed by atoms with E-state index in [2.05, 4.69) is 31.5 Å². The van der Waals surface area contributed by atoms with Crippen molar-refractivity contribution in [2.45, 2.75) is 26.3 Å². The van der Waals surface area contributed by atoms with Crippen LogP contribution < -0.4 is 11.1 Å². The van der Waals surface area contributed by atoms with Crippen LogP contribution in [0, 0.1) is 6.92 Å². The molecule has 0 saturated carbocycles. The highest BCUT2D eigenvalue weighted by Crippen LogP contribution is 2.20. The van der Waals surface area contributed by atoms with Gasteiger partial charge in [-0.05, 0) is 37.3 Å². The van der Waals surface area contributed by atoms with Gasteiger partial charge in [0.1, 0.15) is 4.99 Å². The maximum atomic E-state index is 5.74. The van der Waals surface area contributed by atoms with E-state index in [1.807, 2.05) is 23.9 Å². The van der Waals surface area contributed by atoms with Crippen molar-refractivity contribution in [1.82, 2.24) is 0 Å². The second kappa shape index (κ2) is 6.87. The fourth-order valence-electron chi connectivity index (χ4n) is 1.68. The van der Waals surface area contributed by atoms with Crippen LogP contribution in [0.3, 0.4) is 0 Å². The highest BCUT2D eigenvalue weighted by Gasteiger charge is 2.10. The number of nitrogens with one attached hydrogen (secondary N) is 1. The fourth-order valence-corrected chi connectivity index (χ4v) is 2.57. The second-order valence-electron chi connectivity index (χ2n) is 4.12. The molecule has 1 unspecified atom stereocenters. The number of benzene rings is 1. The minimum absolute atomic E-state index is 0.450. The van der Waals surface area contributed by atoms with E-state index in [1.54, 1.807) is 0 Å². The monoisotopic (exact) mass is 268 g/mol. The molecule has 0 aromatic heterocycles. The molecule has 0 fully saturated rings. The summed E-state index contributed by atoms with van der Waals surface area (Å²) in [5.41, 5.74) is 8.95. The summed E-state index contributed by atoms with van der Waals surface area (Å²) in [4.78, 5) is 0.450. The quantitative estimate of drug-likeness (QED) is 0.777. The van der Waals surface area contributed by atoms with Crippen LogP contribution in [0.25, 0.3) is 0 Å². The highest BCUT2D eigenvalue weighted by atomic mass is 32.2. The van der Waals surface area contributed by atoms with Crippen molar-refractivity contribution in [1.29, 1.82) is 0 Å². The van der Waals surface area contributed by atoms with Gasteiger partial charge in [-0.3, -0.25) is 0 Å². The van der Waals surface area contributed by atoms with Gasteiger partial charge in [0.25, 0.3) is 0 Å². The average Bonchev–Trinajstić information content (AvgIpc) is 2.28. The fraction of sp³-hybridized carbons (Fsp3) is 0.462. The number of thiocarbonyl (C=S) groups is 1. The molecule has 1 rings (SSSR count). The molecule has 1 aromatic carbocycles. The van der Waals surface area contributed by atoms with Crippen molar-refractivity contribution >= 4 is 34.7 Å². The van der Waals surface area contributed by atoms with E-state index in [-0.39, 0.29) is 0 Å². The second-order valence-corrected chi connectivity index (χ2v) is 5.47. The van der Waals surface area contributed by atoms with Gasteiger partial charge in [0.2, 0.25) is 0 Å². The smallest absolute Gasteiger partial charge is 0.106 e. The van der Waals surface area contributed by atoms with Gasteiger partial charge in [-0.25, -0.2) is 0 Å². The zero-order chi connectivity index (χ0) is 12.8. The van der Waals surface area contributed by atoms with E-state index in [9.17, 15) is 0 Å². The molecule has 2 nitrogen and oxygen atoms in total. The molecule has 94 valence electrons. The molecule has 0 heterocycles. The molecule has 0 radical (unpaired) electrons. The largest absolute Gasteiger partial charge is 0.389 e. The van der Waals surface area contributed by atoms with Gasteiger partial charge in [-0.15, -0.1) is 0 Å². The Morgan fingerprint density at radius 3 is 2.76 bits per heavy atom. The molecule has 0 amide bonds. The summed E-state index contributed by atoms with van der Waals surface area (Å²) in [5, 5.41) is 3.53. The van der Waals surface area contributed by atoms with Crippen LogP contribution in [0.4, 0.5) is 5.69 Å². The van der Waals surface area contributed by atoms with Crippen LogP contribution in [0.2, 0.25) is 0 Å². The molecule has 0 spiro atoms. The topological polar surface area (TPSA) is 38.0 Å². The minimum atomic E-state index is 0.450. The van der Waals surface area contributed by atoms with Crippen molar-refractivity contribution in [3.63, 3.8) is 0 Å². The third kappa shape index (κ3) is 4.21. The van der Waals surface area contributed by atoms with E-state index in [4.69, 9.17) is 18.0 Å².